The summed E-state index contributed by atoms with van der Waals surface area (Å²) in [6.07, 6.45) is 8.35. The van der Waals surface area contributed by atoms with Crippen molar-refractivity contribution < 1.29 is 0 Å². The molecule has 17 heavy (non-hydrogen) atoms. The molecule has 0 heterocycles. The quantitative estimate of drug-likeness (QED) is 0.813. The van der Waals surface area contributed by atoms with E-state index in [1.807, 2.05) is 0 Å². The standard InChI is InChI=1S/C15H24N2/c1-15(8-16,9-17)7-14-12-3-10-2-11(5-12)6-13(14)4-10/h10-14H,2-8,16H2,1H3. The van der Waals surface area contributed by atoms with E-state index in [4.69, 9.17) is 5.73 Å². The van der Waals surface area contributed by atoms with Gasteiger partial charge in [0.15, 0.2) is 0 Å². The fraction of sp³-hybridized carbons (Fsp3) is 0.933. The van der Waals surface area contributed by atoms with E-state index in [1.54, 1.807) is 0 Å². The van der Waals surface area contributed by atoms with Crippen molar-refractivity contribution in [1.82, 2.24) is 0 Å². The normalized spacial score (nSPS) is 46.5. The van der Waals surface area contributed by atoms with Crippen LogP contribution in [-0.4, -0.2) is 6.54 Å². The Bertz CT molecular complexity index is 315. The molecule has 0 aromatic rings. The van der Waals surface area contributed by atoms with Crippen LogP contribution in [0.4, 0.5) is 0 Å². The molecule has 4 aliphatic rings. The molecule has 0 aliphatic heterocycles. The first-order valence-corrected chi connectivity index (χ1v) is 7.25. The molecule has 0 aromatic carbocycles. The molecule has 4 fully saturated rings. The van der Waals surface area contributed by atoms with E-state index >= 15 is 0 Å². The Hall–Kier alpha value is -0.550. The number of rotatable bonds is 3. The topological polar surface area (TPSA) is 49.8 Å². The second-order valence-corrected chi connectivity index (χ2v) is 7.18. The molecule has 4 rings (SSSR count). The fourth-order valence-electron chi connectivity index (χ4n) is 5.07. The van der Waals surface area contributed by atoms with Crippen LogP contribution in [0.25, 0.3) is 0 Å². The van der Waals surface area contributed by atoms with Gasteiger partial charge in [0, 0.05) is 6.54 Å². The van der Waals surface area contributed by atoms with Gasteiger partial charge in [0.1, 0.15) is 0 Å². The fourth-order valence-corrected chi connectivity index (χ4v) is 5.07. The first-order valence-electron chi connectivity index (χ1n) is 7.25. The monoisotopic (exact) mass is 232 g/mol. The second kappa shape index (κ2) is 3.99. The summed E-state index contributed by atoms with van der Waals surface area (Å²) in [5, 5.41) is 9.31. The Labute approximate surface area is 105 Å². The minimum atomic E-state index is -0.278. The molecule has 0 saturated heterocycles. The van der Waals surface area contributed by atoms with Gasteiger partial charge < -0.3 is 5.73 Å². The summed E-state index contributed by atoms with van der Waals surface area (Å²) in [5.41, 5.74) is 5.52. The summed E-state index contributed by atoms with van der Waals surface area (Å²) in [6, 6.07) is 2.46. The van der Waals surface area contributed by atoms with Crippen molar-refractivity contribution in [2.24, 2.45) is 40.7 Å². The van der Waals surface area contributed by atoms with Crippen LogP contribution >= 0.6 is 0 Å². The third-order valence-corrected chi connectivity index (χ3v) is 5.83. The summed E-state index contributed by atoms with van der Waals surface area (Å²) in [6.45, 7) is 2.57. The van der Waals surface area contributed by atoms with Crippen LogP contribution in [0.2, 0.25) is 0 Å². The minimum absolute atomic E-state index is 0.278. The highest BCUT2D eigenvalue weighted by molar-refractivity contribution is 5.04. The van der Waals surface area contributed by atoms with Crippen molar-refractivity contribution in [3.05, 3.63) is 0 Å². The number of nitrogens with two attached hydrogens (primary N) is 1. The Balaban J connectivity index is 1.74. The van der Waals surface area contributed by atoms with Crippen LogP contribution < -0.4 is 5.73 Å². The van der Waals surface area contributed by atoms with Crippen LogP contribution in [0.5, 0.6) is 0 Å². The molecule has 0 radical (unpaired) electrons. The molecule has 2 nitrogen and oxygen atoms in total. The minimum Gasteiger partial charge on any atom is -0.329 e. The lowest BCUT2D eigenvalue weighted by Crippen LogP contribution is -2.47. The van der Waals surface area contributed by atoms with Crippen molar-refractivity contribution in [1.29, 1.82) is 5.26 Å². The number of nitriles is 1. The average molecular weight is 232 g/mol. The first-order chi connectivity index (χ1) is 8.13. The molecule has 0 aromatic heterocycles. The predicted molar refractivity (Wildman–Crippen MR) is 67.9 cm³/mol. The van der Waals surface area contributed by atoms with E-state index in [0.717, 1.165) is 36.0 Å². The molecule has 1 atom stereocenters. The summed E-state index contributed by atoms with van der Waals surface area (Å²) >= 11 is 0. The van der Waals surface area contributed by atoms with Gasteiger partial charge >= 0.3 is 0 Å². The lowest BCUT2D eigenvalue weighted by atomic mass is 9.50. The molecule has 0 amide bonds. The number of hydrogen-bond acceptors (Lipinski definition) is 2. The van der Waals surface area contributed by atoms with Gasteiger partial charge in [-0.2, -0.15) is 5.26 Å². The molecule has 4 bridgehead atoms. The summed E-state index contributed by atoms with van der Waals surface area (Å²) in [4.78, 5) is 0. The number of nitrogens with zero attached hydrogens (tertiary/aromatic N) is 1. The smallest absolute Gasteiger partial charge is 0.0700 e. The summed E-state index contributed by atoms with van der Waals surface area (Å²) in [7, 11) is 0. The van der Waals surface area contributed by atoms with Gasteiger partial charge in [-0.15, -0.1) is 0 Å². The van der Waals surface area contributed by atoms with Crippen LogP contribution in [0, 0.1) is 46.3 Å². The maximum absolute atomic E-state index is 9.31. The maximum atomic E-state index is 9.31. The average Bonchev–Trinajstić information content (AvgIpc) is 2.33. The highest BCUT2D eigenvalue weighted by Gasteiger charge is 2.49. The SMILES string of the molecule is CC(C#N)(CN)CC1C2CC3CC(C2)CC1C3. The molecular formula is C15H24N2. The van der Waals surface area contributed by atoms with Gasteiger partial charge in [0.25, 0.3) is 0 Å². The highest BCUT2D eigenvalue weighted by Crippen LogP contribution is 2.58. The maximum Gasteiger partial charge on any atom is 0.0700 e. The Morgan fingerprint density at radius 3 is 2.06 bits per heavy atom. The molecule has 2 N–H and O–H groups in total. The lowest BCUT2D eigenvalue weighted by Gasteiger charge is -2.55. The van der Waals surface area contributed by atoms with Gasteiger partial charge in [-0.3, -0.25) is 0 Å². The predicted octanol–water partition coefficient (Wildman–Crippen LogP) is 2.94. The molecule has 1 unspecified atom stereocenters. The van der Waals surface area contributed by atoms with E-state index in [0.29, 0.717) is 6.54 Å². The molecule has 4 saturated carbocycles. The molecule has 94 valence electrons. The molecule has 4 aliphatic carbocycles. The molecule has 2 heteroatoms. The van der Waals surface area contributed by atoms with E-state index in [9.17, 15) is 5.26 Å². The van der Waals surface area contributed by atoms with Gasteiger partial charge in [-0.1, -0.05) is 0 Å². The van der Waals surface area contributed by atoms with Crippen LogP contribution in [0.1, 0.15) is 45.4 Å². The zero-order chi connectivity index (χ0) is 12.0. The van der Waals surface area contributed by atoms with Gasteiger partial charge in [0.05, 0.1) is 11.5 Å². The second-order valence-electron chi connectivity index (χ2n) is 7.18. The largest absolute Gasteiger partial charge is 0.329 e. The third kappa shape index (κ3) is 1.89. The summed E-state index contributed by atoms with van der Waals surface area (Å²) < 4.78 is 0. The molecular weight excluding hydrogens is 208 g/mol. The van der Waals surface area contributed by atoms with Crippen molar-refractivity contribution in [3.8, 4) is 6.07 Å². The van der Waals surface area contributed by atoms with Crippen molar-refractivity contribution in [2.45, 2.75) is 45.4 Å². The van der Waals surface area contributed by atoms with Gasteiger partial charge in [-0.05, 0) is 75.0 Å². The lowest BCUT2D eigenvalue weighted by molar-refractivity contribution is -0.0488. The zero-order valence-corrected chi connectivity index (χ0v) is 10.9. The summed E-state index contributed by atoms with van der Waals surface area (Å²) in [5.74, 6) is 4.70. The van der Waals surface area contributed by atoms with E-state index in [1.165, 1.54) is 32.1 Å². The van der Waals surface area contributed by atoms with Crippen LogP contribution in [-0.2, 0) is 0 Å². The molecule has 0 spiro atoms. The Morgan fingerprint density at radius 1 is 1.12 bits per heavy atom. The Kier molecular flexibility index (Phi) is 2.70. The van der Waals surface area contributed by atoms with Crippen molar-refractivity contribution in [2.75, 3.05) is 6.54 Å². The van der Waals surface area contributed by atoms with E-state index in [2.05, 4.69) is 13.0 Å². The van der Waals surface area contributed by atoms with Crippen molar-refractivity contribution in [3.63, 3.8) is 0 Å². The zero-order valence-electron chi connectivity index (χ0n) is 10.9. The van der Waals surface area contributed by atoms with Gasteiger partial charge in [-0.25, -0.2) is 0 Å². The first kappa shape index (κ1) is 11.5. The Morgan fingerprint density at radius 2 is 1.65 bits per heavy atom. The van der Waals surface area contributed by atoms with Gasteiger partial charge in [0.2, 0.25) is 0 Å². The number of hydrogen-bond donors (Lipinski definition) is 1. The van der Waals surface area contributed by atoms with E-state index < -0.39 is 0 Å². The van der Waals surface area contributed by atoms with E-state index in [-0.39, 0.29) is 5.41 Å². The van der Waals surface area contributed by atoms with Crippen LogP contribution in [0.3, 0.4) is 0 Å². The third-order valence-electron chi connectivity index (χ3n) is 5.83. The van der Waals surface area contributed by atoms with Crippen molar-refractivity contribution >= 4 is 0 Å². The highest BCUT2D eigenvalue weighted by atomic mass is 14.6. The van der Waals surface area contributed by atoms with Crippen LogP contribution in [0.15, 0.2) is 0 Å².